The molecule has 29 heavy (non-hydrogen) atoms. The minimum Gasteiger partial charge on any atom is -0.343 e. The van der Waals surface area contributed by atoms with Crippen molar-refractivity contribution >= 4 is 11.9 Å². The highest BCUT2D eigenvalue weighted by atomic mass is 19.4. The molecule has 0 aliphatic rings. The van der Waals surface area contributed by atoms with Gasteiger partial charge in [0.05, 0.1) is 0 Å². The van der Waals surface area contributed by atoms with E-state index in [4.69, 9.17) is 0 Å². The molecule has 0 amide bonds. The summed E-state index contributed by atoms with van der Waals surface area (Å²) in [6.45, 7) is 2.84. The van der Waals surface area contributed by atoms with Gasteiger partial charge in [0.2, 0.25) is 17.7 Å². The maximum atomic E-state index is 12.9. The summed E-state index contributed by atoms with van der Waals surface area (Å²) < 4.78 is 115. The van der Waals surface area contributed by atoms with Crippen LogP contribution in [0.4, 0.5) is 51.4 Å². The molecule has 0 saturated heterocycles. The molecular weight excluding hydrogens is 421 g/mol. The van der Waals surface area contributed by atoms with Crippen LogP contribution in [0.1, 0.15) is 33.5 Å². The summed E-state index contributed by atoms with van der Waals surface area (Å²) in [5.41, 5.74) is -2.53. The van der Waals surface area contributed by atoms with Crippen LogP contribution >= 0.6 is 0 Å². The molecule has 164 valence electrons. The lowest BCUT2D eigenvalue weighted by atomic mass is 9.94. The van der Waals surface area contributed by atoms with Crippen LogP contribution < -0.4 is 10.6 Å². The largest absolute Gasteiger partial charge is 0.408 e. The first kappa shape index (κ1) is 24.6. The van der Waals surface area contributed by atoms with E-state index in [2.05, 4.69) is 15.0 Å². The molecule has 2 atom stereocenters. The lowest BCUT2D eigenvalue weighted by Gasteiger charge is -2.21. The molecule has 1 rings (SSSR count). The molecule has 0 bridgehead atoms. The Labute approximate surface area is 159 Å². The molecule has 0 spiro atoms. The van der Waals surface area contributed by atoms with E-state index in [1.54, 1.807) is 10.6 Å². The summed E-state index contributed by atoms with van der Waals surface area (Å²) in [6.07, 6.45) is -14.2. The highest BCUT2D eigenvalue weighted by Crippen LogP contribution is 2.36. The van der Waals surface area contributed by atoms with Gasteiger partial charge in [-0.25, -0.2) is 0 Å². The summed E-state index contributed by atoms with van der Waals surface area (Å²) in [7, 11) is 0. The van der Waals surface area contributed by atoms with E-state index in [9.17, 15) is 39.5 Å². The van der Waals surface area contributed by atoms with Crippen LogP contribution in [-0.2, 0) is 0 Å². The molecule has 0 unspecified atom stereocenters. The highest BCUT2D eigenvalue weighted by molar-refractivity contribution is 5.40. The average molecular weight is 437 g/mol. The van der Waals surface area contributed by atoms with Crippen LogP contribution in [0.5, 0.6) is 0 Å². The van der Waals surface area contributed by atoms with Crippen molar-refractivity contribution in [3.8, 4) is 11.8 Å². The second kappa shape index (κ2) is 8.11. The van der Waals surface area contributed by atoms with E-state index in [0.717, 1.165) is 13.8 Å². The van der Waals surface area contributed by atoms with Gasteiger partial charge in [-0.3, -0.25) is 0 Å². The number of anilines is 2. The van der Waals surface area contributed by atoms with Crippen LogP contribution in [0.15, 0.2) is 0 Å². The summed E-state index contributed by atoms with van der Waals surface area (Å²) in [5.74, 6) is 1.37. The molecule has 1 heterocycles. The fourth-order valence-corrected chi connectivity index (χ4v) is 1.39. The quantitative estimate of drug-likeness (QED) is 0.535. The second-order valence-corrected chi connectivity index (χ2v) is 6.49. The molecule has 5 nitrogen and oxygen atoms in total. The Morgan fingerprint density at radius 1 is 0.724 bits per heavy atom. The zero-order valence-electron chi connectivity index (χ0n) is 15.4. The van der Waals surface area contributed by atoms with E-state index in [0.29, 0.717) is 13.8 Å². The smallest absolute Gasteiger partial charge is 0.343 e. The minimum atomic E-state index is -4.75. The fraction of sp³-hybridized carbons (Fsp3) is 0.667. The van der Waals surface area contributed by atoms with E-state index in [1.165, 1.54) is 0 Å². The predicted octanol–water partition coefficient (Wildman–Crippen LogP) is 4.54. The van der Waals surface area contributed by atoms with Crippen LogP contribution in [0.3, 0.4) is 0 Å². The van der Waals surface area contributed by atoms with Crippen molar-refractivity contribution < 1.29 is 39.5 Å². The Morgan fingerprint density at radius 3 is 1.41 bits per heavy atom. The van der Waals surface area contributed by atoms with Gasteiger partial charge in [-0.1, -0.05) is 5.92 Å². The lowest BCUT2D eigenvalue weighted by molar-refractivity contribution is -0.190. The van der Waals surface area contributed by atoms with Gasteiger partial charge >= 0.3 is 18.5 Å². The third-order valence-corrected chi connectivity index (χ3v) is 3.50. The molecule has 0 aliphatic heterocycles. The second-order valence-electron chi connectivity index (χ2n) is 6.49. The highest BCUT2D eigenvalue weighted by Gasteiger charge is 2.46. The molecule has 2 N–H and O–H groups in total. The van der Waals surface area contributed by atoms with Crippen LogP contribution in [0.25, 0.3) is 0 Å². The molecular formula is C15H16F9N5. The first-order valence-electron chi connectivity index (χ1n) is 7.85. The normalized spacial score (nSPS) is 15.2. The van der Waals surface area contributed by atoms with Gasteiger partial charge in [-0.15, -0.1) is 0 Å². The van der Waals surface area contributed by atoms with Gasteiger partial charge in [0.15, 0.2) is 0 Å². The topological polar surface area (TPSA) is 62.7 Å². The standard InChI is InChI=1S/C15H16F9N5/c1-7(13(16,17)18)25-10-27-9(5-6-12(3,4)15(22,23)24)28-11(29-10)26-8(2)14(19,20)21/h7-8H,1-4H3,(H2,25,26,27,28,29)/t7-,8-/m1/s1. The number of aromatic nitrogens is 3. The monoisotopic (exact) mass is 437 g/mol. The van der Waals surface area contributed by atoms with Crippen LogP contribution in [0, 0.1) is 17.3 Å². The summed E-state index contributed by atoms with van der Waals surface area (Å²) in [4.78, 5) is 10.3. The Balaban J connectivity index is 3.35. The van der Waals surface area contributed by atoms with Crippen molar-refractivity contribution in [3.63, 3.8) is 0 Å². The molecule has 0 radical (unpaired) electrons. The third-order valence-electron chi connectivity index (χ3n) is 3.50. The number of halogens is 9. The molecule has 0 fully saturated rings. The average Bonchev–Trinajstić information content (AvgIpc) is 2.50. The Kier molecular flexibility index (Phi) is 6.88. The van der Waals surface area contributed by atoms with Crippen molar-refractivity contribution in [2.45, 2.75) is 58.3 Å². The van der Waals surface area contributed by atoms with E-state index in [-0.39, 0.29) is 0 Å². The van der Waals surface area contributed by atoms with Crippen molar-refractivity contribution in [3.05, 3.63) is 5.82 Å². The van der Waals surface area contributed by atoms with Crippen molar-refractivity contribution in [2.75, 3.05) is 10.6 Å². The zero-order valence-corrected chi connectivity index (χ0v) is 15.4. The summed E-state index contributed by atoms with van der Waals surface area (Å²) >= 11 is 0. The fourth-order valence-electron chi connectivity index (χ4n) is 1.39. The van der Waals surface area contributed by atoms with Gasteiger partial charge in [-0.05, 0) is 33.6 Å². The first-order valence-corrected chi connectivity index (χ1v) is 7.85. The Morgan fingerprint density at radius 2 is 1.10 bits per heavy atom. The van der Waals surface area contributed by atoms with E-state index in [1.807, 2.05) is 11.8 Å². The maximum Gasteiger partial charge on any atom is 0.408 e. The number of hydrogen-bond donors (Lipinski definition) is 2. The molecule has 0 aliphatic carbocycles. The number of nitrogens with one attached hydrogen (secondary N) is 2. The summed E-state index contributed by atoms with van der Waals surface area (Å²) in [5, 5.41) is 3.61. The van der Waals surface area contributed by atoms with Gasteiger partial charge in [0.25, 0.3) is 0 Å². The van der Waals surface area contributed by atoms with Gasteiger partial charge in [0.1, 0.15) is 17.5 Å². The number of hydrogen-bond acceptors (Lipinski definition) is 5. The lowest BCUT2D eigenvalue weighted by Crippen LogP contribution is -2.35. The number of alkyl halides is 9. The predicted molar refractivity (Wildman–Crippen MR) is 84.8 cm³/mol. The molecule has 0 saturated carbocycles. The van der Waals surface area contributed by atoms with Gasteiger partial charge < -0.3 is 10.6 Å². The van der Waals surface area contributed by atoms with Crippen molar-refractivity contribution in [1.29, 1.82) is 0 Å². The molecule has 1 aromatic heterocycles. The van der Waals surface area contributed by atoms with Crippen LogP contribution in [0.2, 0.25) is 0 Å². The number of rotatable bonds is 4. The molecule has 0 aromatic carbocycles. The maximum absolute atomic E-state index is 12.9. The molecule has 1 aromatic rings. The first-order chi connectivity index (χ1) is 12.8. The zero-order chi connectivity index (χ0) is 22.8. The SMILES string of the molecule is C[C@@H](Nc1nc(C#CC(C)(C)C(F)(F)F)nc(N[C@H](C)C(F)(F)F)n1)C(F)(F)F. The Bertz CT molecular complexity index is 731. The van der Waals surface area contributed by atoms with Gasteiger partial charge in [-0.2, -0.15) is 54.5 Å². The summed E-state index contributed by atoms with van der Waals surface area (Å²) in [6, 6.07) is -4.41. The minimum absolute atomic E-state index is 0.688. The van der Waals surface area contributed by atoms with Gasteiger partial charge in [0, 0.05) is 0 Å². The van der Waals surface area contributed by atoms with Crippen molar-refractivity contribution in [1.82, 2.24) is 15.0 Å². The third kappa shape index (κ3) is 7.13. The molecule has 14 heteroatoms. The van der Waals surface area contributed by atoms with Crippen molar-refractivity contribution in [2.24, 2.45) is 5.41 Å². The van der Waals surface area contributed by atoms with Crippen LogP contribution in [-0.4, -0.2) is 45.6 Å². The number of nitrogens with zero attached hydrogens (tertiary/aromatic N) is 3. The van der Waals surface area contributed by atoms with E-state index < -0.39 is 53.7 Å². The van der Waals surface area contributed by atoms with E-state index >= 15 is 0 Å². The Hall–Kier alpha value is -2.46.